The van der Waals surface area contributed by atoms with Crippen molar-refractivity contribution < 1.29 is 4.74 Å². The number of para-hydroxylation sites is 2. The molecule has 2 N–H and O–H groups in total. The van der Waals surface area contributed by atoms with Gasteiger partial charge in [0.15, 0.2) is 5.11 Å². The van der Waals surface area contributed by atoms with Crippen molar-refractivity contribution in [2.75, 3.05) is 11.9 Å². The van der Waals surface area contributed by atoms with Crippen LogP contribution < -0.4 is 15.4 Å². The maximum absolute atomic E-state index is 5.68. The van der Waals surface area contributed by atoms with Crippen molar-refractivity contribution in [3.63, 3.8) is 0 Å². The molecule has 2 saturated heterocycles. The predicted molar refractivity (Wildman–Crippen MR) is 106 cm³/mol. The number of hydrogen-bond donors (Lipinski definition) is 2. The van der Waals surface area contributed by atoms with Crippen molar-refractivity contribution in [3.05, 3.63) is 24.3 Å². The van der Waals surface area contributed by atoms with Gasteiger partial charge in [0.05, 0.1) is 12.3 Å². The van der Waals surface area contributed by atoms with Gasteiger partial charge in [0, 0.05) is 24.2 Å². The molecule has 5 heteroatoms. The van der Waals surface area contributed by atoms with E-state index in [0.29, 0.717) is 12.6 Å². The molecule has 25 heavy (non-hydrogen) atoms. The molecule has 0 radical (unpaired) electrons. The van der Waals surface area contributed by atoms with E-state index in [1.807, 2.05) is 31.2 Å². The lowest BCUT2D eigenvalue weighted by Crippen LogP contribution is -2.57. The maximum Gasteiger partial charge on any atom is 0.171 e. The largest absolute Gasteiger partial charge is 0.492 e. The summed E-state index contributed by atoms with van der Waals surface area (Å²) in [7, 11) is 0. The van der Waals surface area contributed by atoms with E-state index in [4.69, 9.17) is 17.0 Å². The molecule has 4 nitrogen and oxygen atoms in total. The Morgan fingerprint density at radius 1 is 1.12 bits per heavy atom. The third-order valence-electron chi connectivity index (χ3n) is 5.77. The Bertz CT molecular complexity index is 605. The number of rotatable bonds is 5. The van der Waals surface area contributed by atoms with Crippen LogP contribution in [0.2, 0.25) is 0 Å². The zero-order valence-corrected chi connectivity index (χ0v) is 15.9. The lowest BCUT2D eigenvalue weighted by Gasteiger charge is -2.49. The fourth-order valence-corrected chi connectivity index (χ4v) is 4.98. The molecule has 3 fully saturated rings. The second-order valence-electron chi connectivity index (χ2n) is 7.61. The first-order valence-corrected chi connectivity index (χ1v) is 10.2. The molecule has 2 atom stereocenters. The minimum absolute atomic E-state index is 0.490. The second-order valence-corrected chi connectivity index (χ2v) is 8.02. The Kier molecular flexibility index (Phi) is 5.13. The molecule has 0 amide bonds. The van der Waals surface area contributed by atoms with Crippen LogP contribution in [0.4, 0.5) is 5.69 Å². The summed E-state index contributed by atoms with van der Waals surface area (Å²) in [6.07, 6.45) is 9.40. The monoisotopic (exact) mass is 359 g/mol. The molecular formula is C20H29N3OS. The van der Waals surface area contributed by atoms with E-state index in [9.17, 15) is 0 Å². The minimum Gasteiger partial charge on any atom is -0.492 e. The van der Waals surface area contributed by atoms with Crippen molar-refractivity contribution in [1.29, 1.82) is 0 Å². The topological polar surface area (TPSA) is 36.5 Å². The summed E-state index contributed by atoms with van der Waals surface area (Å²) >= 11 is 5.59. The highest BCUT2D eigenvalue weighted by Gasteiger charge is 2.44. The van der Waals surface area contributed by atoms with Crippen molar-refractivity contribution >= 4 is 23.0 Å². The molecule has 1 saturated carbocycles. The molecule has 2 aliphatic heterocycles. The minimum atomic E-state index is 0.490. The van der Waals surface area contributed by atoms with Gasteiger partial charge in [-0.2, -0.15) is 0 Å². The molecule has 1 aliphatic carbocycles. The average molecular weight is 360 g/mol. The van der Waals surface area contributed by atoms with Gasteiger partial charge in [-0.3, -0.25) is 4.90 Å². The van der Waals surface area contributed by atoms with E-state index >= 15 is 0 Å². The Morgan fingerprint density at radius 2 is 1.84 bits per heavy atom. The number of benzene rings is 1. The summed E-state index contributed by atoms with van der Waals surface area (Å²) in [6, 6.07) is 10.9. The molecular weight excluding hydrogens is 330 g/mol. The molecule has 2 bridgehead atoms. The Balaban J connectivity index is 1.36. The van der Waals surface area contributed by atoms with Crippen LogP contribution >= 0.6 is 12.2 Å². The molecule has 2 heterocycles. The zero-order valence-electron chi connectivity index (χ0n) is 15.0. The first-order chi connectivity index (χ1) is 12.2. The number of ether oxygens (including phenoxy) is 1. The SMILES string of the molecule is CCOc1ccccc1NC(=S)NC1C[C@@H]2CCC[C@@H](C1)N2C1CC1. The van der Waals surface area contributed by atoms with Crippen LogP contribution in [0, 0.1) is 0 Å². The van der Waals surface area contributed by atoms with Gasteiger partial charge < -0.3 is 15.4 Å². The highest BCUT2D eigenvalue weighted by molar-refractivity contribution is 7.80. The predicted octanol–water partition coefficient (Wildman–Crippen LogP) is 3.92. The number of hydrogen-bond acceptors (Lipinski definition) is 3. The van der Waals surface area contributed by atoms with Gasteiger partial charge in [0.25, 0.3) is 0 Å². The Morgan fingerprint density at radius 3 is 2.52 bits per heavy atom. The highest BCUT2D eigenvalue weighted by Crippen LogP contribution is 2.41. The first-order valence-electron chi connectivity index (χ1n) is 9.81. The van der Waals surface area contributed by atoms with Crippen molar-refractivity contribution in [3.8, 4) is 5.75 Å². The van der Waals surface area contributed by atoms with Gasteiger partial charge in [-0.05, 0) is 69.8 Å². The molecule has 3 aliphatic rings. The van der Waals surface area contributed by atoms with Gasteiger partial charge in [-0.1, -0.05) is 18.6 Å². The van der Waals surface area contributed by atoms with Crippen LogP contribution in [0.25, 0.3) is 0 Å². The first kappa shape index (κ1) is 17.1. The summed E-state index contributed by atoms with van der Waals surface area (Å²) in [5.74, 6) is 0.856. The van der Waals surface area contributed by atoms with E-state index in [-0.39, 0.29) is 0 Å². The van der Waals surface area contributed by atoms with Crippen molar-refractivity contribution in [1.82, 2.24) is 10.2 Å². The second kappa shape index (κ2) is 7.50. The third kappa shape index (κ3) is 3.93. The van der Waals surface area contributed by atoms with E-state index < -0.39 is 0 Å². The number of thiocarbonyl (C=S) groups is 1. The summed E-state index contributed by atoms with van der Waals surface area (Å²) in [5, 5.41) is 7.64. The summed E-state index contributed by atoms with van der Waals surface area (Å²) in [6.45, 7) is 2.65. The molecule has 0 aromatic heterocycles. The van der Waals surface area contributed by atoms with Gasteiger partial charge in [-0.25, -0.2) is 0 Å². The molecule has 1 aromatic rings. The van der Waals surface area contributed by atoms with E-state index in [0.717, 1.165) is 34.7 Å². The summed E-state index contributed by atoms with van der Waals surface area (Å²) < 4.78 is 5.68. The van der Waals surface area contributed by atoms with Crippen LogP contribution in [-0.4, -0.2) is 40.8 Å². The zero-order chi connectivity index (χ0) is 17.2. The summed E-state index contributed by atoms with van der Waals surface area (Å²) in [5.41, 5.74) is 0.942. The van der Waals surface area contributed by atoms with Gasteiger partial charge in [0.2, 0.25) is 0 Å². The lowest BCUT2D eigenvalue weighted by molar-refractivity contribution is 0.0209. The number of piperidine rings is 2. The Hall–Kier alpha value is -1.33. The molecule has 1 aromatic carbocycles. The number of nitrogens with zero attached hydrogens (tertiary/aromatic N) is 1. The lowest BCUT2D eigenvalue weighted by atomic mass is 9.81. The average Bonchev–Trinajstić information content (AvgIpc) is 3.41. The standard InChI is InChI=1S/C20H29N3OS/c1-2-24-19-9-4-3-8-18(19)22-20(25)21-14-12-16-6-5-7-17(13-14)23(16)15-10-11-15/h3-4,8-9,14-17H,2,5-7,10-13H2,1H3,(H2,21,22,25)/t16-,17-/m0/s1. The van der Waals surface area contributed by atoms with E-state index in [2.05, 4.69) is 15.5 Å². The van der Waals surface area contributed by atoms with Gasteiger partial charge in [-0.15, -0.1) is 0 Å². The molecule has 0 spiro atoms. The highest BCUT2D eigenvalue weighted by atomic mass is 32.1. The molecule has 136 valence electrons. The quantitative estimate of drug-likeness (QED) is 0.780. The van der Waals surface area contributed by atoms with Crippen molar-refractivity contribution in [2.45, 2.75) is 76.0 Å². The smallest absolute Gasteiger partial charge is 0.171 e. The van der Waals surface area contributed by atoms with Crippen LogP contribution in [0.3, 0.4) is 0 Å². The third-order valence-corrected chi connectivity index (χ3v) is 5.99. The van der Waals surface area contributed by atoms with E-state index in [1.54, 1.807) is 0 Å². The maximum atomic E-state index is 5.68. The normalized spacial score (nSPS) is 29.1. The number of fused-ring (bicyclic) bond motifs is 2. The van der Waals surface area contributed by atoms with Crippen molar-refractivity contribution in [2.24, 2.45) is 0 Å². The van der Waals surface area contributed by atoms with Crippen LogP contribution in [0.5, 0.6) is 5.75 Å². The fourth-order valence-electron chi connectivity index (χ4n) is 4.70. The van der Waals surface area contributed by atoms with Crippen LogP contribution in [0.1, 0.15) is 51.9 Å². The van der Waals surface area contributed by atoms with Crippen LogP contribution in [-0.2, 0) is 0 Å². The van der Waals surface area contributed by atoms with Gasteiger partial charge in [0.1, 0.15) is 5.75 Å². The summed E-state index contributed by atoms with van der Waals surface area (Å²) in [4.78, 5) is 2.85. The molecule has 4 rings (SSSR count). The number of anilines is 1. The Labute approximate surface area is 156 Å². The van der Waals surface area contributed by atoms with Gasteiger partial charge >= 0.3 is 0 Å². The fraction of sp³-hybridized carbons (Fsp3) is 0.650. The van der Waals surface area contributed by atoms with E-state index in [1.165, 1.54) is 44.9 Å². The number of nitrogens with one attached hydrogen (secondary N) is 2. The molecule has 0 unspecified atom stereocenters. The van der Waals surface area contributed by atoms with Crippen LogP contribution in [0.15, 0.2) is 24.3 Å².